The number of nitrogens with zero attached hydrogens (tertiary/aromatic N) is 1. The lowest BCUT2D eigenvalue weighted by molar-refractivity contribution is 0.0699. The molecular weight excluding hydrogens is 381 g/mol. The molecule has 0 radical (unpaired) electrons. The molecule has 1 aromatic carbocycles. The van der Waals surface area contributed by atoms with Gasteiger partial charge in [-0.2, -0.15) is 0 Å². The normalized spacial score (nSPS) is 11.0. The van der Waals surface area contributed by atoms with E-state index in [2.05, 4.69) is 20.9 Å². The minimum Gasteiger partial charge on any atom is -0.478 e. The quantitative estimate of drug-likeness (QED) is 0.657. The summed E-state index contributed by atoms with van der Waals surface area (Å²) in [5, 5.41) is 9.64. The summed E-state index contributed by atoms with van der Waals surface area (Å²) in [6, 6.07) is 7.53. The number of aromatic nitrogens is 1. The summed E-state index contributed by atoms with van der Waals surface area (Å²) < 4.78 is 14.9. The highest BCUT2D eigenvalue weighted by atomic mass is 79.9. The van der Waals surface area contributed by atoms with E-state index < -0.39 is 11.8 Å². The molecule has 0 spiro atoms. The van der Waals surface area contributed by atoms with Gasteiger partial charge in [0.05, 0.1) is 24.9 Å². The second kappa shape index (κ2) is 5.36. The molecule has 0 amide bonds. The molecule has 0 aliphatic heterocycles. The van der Waals surface area contributed by atoms with Crippen LogP contribution in [0, 0.1) is 5.82 Å². The maximum atomic E-state index is 14.0. The van der Waals surface area contributed by atoms with Gasteiger partial charge in [-0.15, -0.1) is 11.3 Å². The van der Waals surface area contributed by atoms with Gasteiger partial charge in [-0.1, -0.05) is 11.6 Å². The minimum absolute atomic E-state index is 0.0399. The van der Waals surface area contributed by atoms with E-state index in [0.29, 0.717) is 5.69 Å². The maximum Gasteiger partial charge on any atom is 0.336 e. The van der Waals surface area contributed by atoms with Crippen molar-refractivity contribution < 1.29 is 14.3 Å². The summed E-state index contributed by atoms with van der Waals surface area (Å²) in [5.41, 5.74) is 0.294. The number of pyridine rings is 1. The molecule has 1 N–H and O–H groups in total. The zero-order valence-electron chi connectivity index (χ0n) is 10.2. The number of thiophene rings is 1. The first-order chi connectivity index (χ1) is 9.97. The van der Waals surface area contributed by atoms with Crippen molar-refractivity contribution in [1.29, 1.82) is 0 Å². The van der Waals surface area contributed by atoms with E-state index in [1.165, 1.54) is 29.5 Å². The molecule has 3 aromatic rings. The molecule has 0 atom stereocenters. The van der Waals surface area contributed by atoms with Crippen LogP contribution in [0.15, 0.2) is 34.1 Å². The molecule has 2 heterocycles. The molecule has 0 unspecified atom stereocenters. The Morgan fingerprint density at radius 2 is 2.10 bits per heavy atom. The van der Waals surface area contributed by atoms with Crippen LogP contribution in [0.5, 0.6) is 0 Å². The van der Waals surface area contributed by atoms with Crippen molar-refractivity contribution in [3.8, 4) is 10.6 Å². The molecule has 7 heteroatoms. The molecule has 0 fully saturated rings. The first-order valence-electron chi connectivity index (χ1n) is 5.75. The monoisotopic (exact) mass is 385 g/mol. The van der Waals surface area contributed by atoms with Gasteiger partial charge in [-0.3, -0.25) is 0 Å². The molecule has 3 nitrogen and oxygen atoms in total. The number of fused-ring (bicyclic) bond motifs is 1. The third kappa shape index (κ3) is 2.54. The second-order valence-electron chi connectivity index (χ2n) is 4.22. The first-order valence-corrected chi connectivity index (χ1v) is 7.74. The van der Waals surface area contributed by atoms with Crippen LogP contribution in [-0.4, -0.2) is 16.1 Å². The Hall–Kier alpha value is -1.50. The number of halogens is 3. The van der Waals surface area contributed by atoms with Crippen molar-refractivity contribution in [3.63, 3.8) is 0 Å². The van der Waals surface area contributed by atoms with Crippen molar-refractivity contribution in [1.82, 2.24) is 4.98 Å². The smallest absolute Gasteiger partial charge is 0.336 e. The average molecular weight is 387 g/mol. The molecule has 21 heavy (non-hydrogen) atoms. The van der Waals surface area contributed by atoms with Crippen LogP contribution in [0.4, 0.5) is 4.39 Å². The zero-order valence-corrected chi connectivity index (χ0v) is 13.4. The lowest BCUT2D eigenvalue weighted by Gasteiger charge is -2.08. The third-order valence-electron chi connectivity index (χ3n) is 2.92. The lowest BCUT2D eigenvalue weighted by Crippen LogP contribution is -2.01. The molecule has 0 saturated carbocycles. The summed E-state index contributed by atoms with van der Waals surface area (Å²) in [6.45, 7) is 0. The summed E-state index contributed by atoms with van der Waals surface area (Å²) in [7, 11) is 0. The van der Waals surface area contributed by atoms with Crippen LogP contribution < -0.4 is 0 Å². The van der Waals surface area contributed by atoms with Crippen LogP contribution in [0.25, 0.3) is 21.5 Å². The molecule has 0 saturated heterocycles. The van der Waals surface area contributed by atoms with Gasteiger partial charge in [0.1, 0.15) is 11.3 Å². The lowest BCUT2D eigenvalue weighted by atomic mass is 10.1. The Balaban J connectivity index is 2.40. The number of benzene rings is 1. The number of aromatic carboxylic acids is 1. The predicted molar refractivity (Wildman–Crippen MR) is 84.7 cm³/mol. The second-order valence-corrected chi connectivity index (χ2v) is 7.09. The number of rotatable bonds is 2. The maximum absolute atomic E-state index is 14.0. The van der Waals surface area contributed by atoms with Gasteiger partial charge in [0.15, 0.2) is 0 Å². The fourth-order valence-electron chi connectivity index (χ4n) is 2.02. The van der Waals surface area contributed by atoms with Crippen molar-refractivity contribution in [2.24, 2.45) is 0 Å². The molecule has 106 valence electrons. The van der Waals surface area contributed by atoms with Gasteiger partial charge in [0, 0.05) is 5.39 Å². The highest BCUT2D eigenvalue weighted by Crippen LogP contribution is 2.35. The van der Waals surface area contributed by atoms with Crippen molar-refractivity contribution in [2.75, 3.05) is 0 Å². The SMILES string of the molecule is O=C(O)c1cc(-c2ccc(Br)s2)nc2c(F)ccc(Cl)c12. The van der Waals surface area contributed by atoms with Gasteiger partial charge in [-0.05, 0) is 46.3 Å². The zero-order chi connectivity index (χ0) is 15.1. The fourth-order valence-corrected chi connectivity index (χ4v) is 3.62. The topological polar surface area (TPSA) is 50.2 Å². The third-order valence-corrected chi connectivity index (χ3v) is 4.88. The molecule has 0 bridgehead atoms. The number of carboxylic acids is 1. The Morgan fingerprint density at radius 3 is 2.71 bits per heavy atom. The van der Waals surface area contributed by atoms with Crippen LogP contribution >= 0.6 is 38.9 Å². The molecule has 0 aliphatic rings. The Kier molecular flexibility index (Phi) is 3.69. The van der Waals surface area contributed by atoms with E-state index in [4.69, 9.17) is 11.6 Å². The largest absolute Gasteiger partial charge is 0.478 e. The van der Waals surface area contributed by atoms with Crippen molar-refractivity contribution in [2.45, 2.75) is 0 Å². The van der Waals surface area contributed by atoms with E-state index in [1.54, 1.807) is 6.07 Å². The van der Waals surface area contributed by atoms with Gasteiger partial charge >= 0.3 is 5.97 Å². The Morgan fingerprint density at radius 1 is 1.33 bits per heavy atom. The van der Waals surface area contributed by atoms with Crippen LogP contribution in [-0.2, 0) is 0 Å². The predicted octanol–water partition coefficient (Wildman–Crippen LogP) is 5.22. The standard InChI is InChI=1S/C14H6BrClFNO2S/c15-11-4-3-10(21-11)9-5-6(14(19)20)12-7(16)1-2-8(17)13(12)18-9/h1-5H,(H,19,20). The van der Waals surface area contributed by atoms with Gasteiger partial charge in [0.2, 0.25) is 0 Å². The van der Waals surface area contributed by atoms with E-state index in [-0.39, 0.29) is 21.5 Å². The van der Waals surface area contributed by atoms with E-state index >= 15 is 0 Å². The average Bonchev–Trinajstić information content (AvgIpc) is 2.88. The first kappa shape index (κ1) is 14.4. The van der Waals surface area contributed by atoms with Crippen molar-refractivity contribution >= 4 is 55.7 Å². The van der Waals surface area contributed by atoms with Gasteiger partial charge in [0.25, 0.3) is 0 Å². The molecule has 3 rings (SSSR count). The molecule has 2 aromatic heterocycles. The van der Waals surface area contributed by atoms with Gasteiger partial charge < -0.3 is 5.11 Å². The van der Waals surface area contributed by atoms with Gasteiger partial charge in [-0.25, -0.2) is 14.2 Å². The number of carbonyl (C=O) groups is 1. The summed E-state index contributed by atoms with van der Waals surface area (Å²) in [6.07, 6.45) is 0. The van der Waals surface area contributed by atoms with Crippen molar-refractivity contribution in [3.05, 3.63) is 50.5 Å². The van der Waals surface area contributed by atoms with E-state index in [0.717, 1.165) is 8.66 Å². The Bertz CT molecular complexity index is 881. The number of carboxylic acid groups (broad SMARTS) is 1. The van der Waals surface area contributed by atoms with Crippen LogP contribution in [0.3, 0.4) is 0 Å². The Labute approximate surface area is 136 Å². The van der Waals surface area contributed by atoms with Crippen LogP contribution in [0.1, 0.15) is 10.4 Å². The summed E-state index contributed by atoms with van der Waals surface area (Å²) in [4.78, 5) is 16.4. The highest BCUT2D eigenvalue weighted by Gasteiger charge is 2.18. The minimum atomic E-state index is -1.17. The summed E-state index contributed by atoms with van der Waals surface area (Å²) in [5.74, 6) is -1.78. The highest BCUT2D eigenvalue weighted by molar-refractivity contribution is 9.11. The molecule has 0 aliphatic carbocycles. The fraction of sp³-hybridized carbons (Fsp3) is 0. The number of hydrogen-bond acceptors (Lipinski definition) is 3. The summed E-state index contributed by atoms with van der Waals surface area (Å²) >= 11 is 10.7. The molecular formula is C14H6BrClFNO2S. The van der Waals surface area contributed by atoms with E-state index in [9.17, 15) is 14.3 Å². The van der Waals surface area contributed by atoms with E-state index in [1.807, 2.05) is 6.07 Å². The van der Waals surface area contributed by atoms with Crippen LogP contribution in [0.2, 0.25) is 5.02 Å². The number of hydrogen-bond donors (Lipinski definition) is 1.